The van der Waals surface area contributed by atoms with Crippen molar-refractivity contribution >= 4 is 11.3 Å². The lowest BCUT2D eigenvalue weighted by Gasteiger charge is -2.14. The first kappa shape index (κ1) is 20.3. The molecule has 0 aromatic heterocycles. The van der Waals surface area contributed by atoms with E-state index in [2.05, 4.69) is 4.99 Å². The van der Waals surface area contributed by atoms with Gasteiger partial charge in [-0.1, -0.05) is 20.3 Å². The highest BCUT2D eigenvalue weighted by Gasteiger charge is 2.36. The summed E-state index contributed by atoms with van der Waals surface area (Å²) in [5.41, 5.74) is -1.71. The normalized spacial score (nSPS) is 14.2. The molecule has 7 heteroatoms. The zero-order valence-corrected chi connectivity index (χ0v) is 13.6. The molecule has 0 amide bonds. The first-order valence-electron chi connectivity index (χ1n) is 7.51. The minimum absolute atomic E-state index is 0.120. The summed E-state index contributed by atoms with van der Waals surface area (Å²) < 4.78 is 77.1. The molecule has 0 bridgehead atoms. The molecule has 24 heavy (non-hydrogen) atoms. The van der Waals surface area contributed by atoms with Gasteiger partial charge in [-0.15, -0.1) is 0 Å². The van der Waals surface area contributed by atoms with Crippen LogP contribution in [0.1, 0.15) is 56.7 Å². The van der Waals surface area contributed by atoms with Crippen molar-refractivity contribution in [2.75, 3.05) is 0 Å². The Morgan fingerprint density at radius 1 is 0.958 bits per heavy atom. The molecule has 0 aliphatic carbocycles. The molecule has 0 unspecified atom stereocenters. The summed E-state index contributed by atoms with van der Waals surface area (Å²) >= 11 is 0. The zero-order valence-electron chi connectivity index (χ0n) is 13.6. The molecule has 1 aromatic rings. The molecule has 0 spiro atoms. The van der Waals surface area contributed by atoms with E-state index in [9.17, 15) is 26.3 Å². The summed E-state index contributed by atoms with van der Waals surface area (Å²) in [5.74, 6) is 0. The fourth-order valence-electron chi connectivity index (χ4n) is 2.07. The van der Waals surface area contributed by atoms with Gasteiger partial charge in [0, 0.05) is 11.9 Å². The van der Waals surface area contributed by atoms with Gasteiger partial charge in [0.1, 0.15) is 0 Å². The smallest absolute Gasteiger partial charge is 0.265 e. The zero-order chi connectivity index (χ0) is 18.5. The van der Waals surface area contributed by atoms with E-state index in [1.165, 1.54) is 13.1 Å². The monoisotopic (exact) mass is 351 g/mol. The Morgan fingerprint density at radius 3 is 1.83 bits per heavy atom. The van der Waals surface area contributed by atoms with Crippen molar-refractivity contribution in [1.29, 1.82) is 0 Å². The number of hydrogen-bond donors (Lipinski definition) is 0. The van der Waals surface area contributed by atoms with Gasteiger partial charge in [0.05, 0.1) is 11.1 Å². The third-order valence-electron chi connectivity index (χ3n) is 3.43. The fraction of sp³-hybridized carbons (Fsp3) is 0.471. The van der Waals surface area contributed by atoms with Crippen LogP contribution in [0, 0.1) is 0 Å². The van der Waals surface area contributed by atoms with Crippen molar-refractivity contribution in [3.05, 3.63) is 41.1 Å². The predicted molar refractivity (Wildman–Crippen MR) is 82.7 cm³/mol. The maximum absolute atomic E-state index is 12.9. The minimum Gasteiger partial charge on any atom is -0.265 e. The molecule has 0 N–H and O–H groups in total. The lowest BCUT2D eigenvalue weighted by Crippen LogP contribution is -2.11. The quantitative estimate of drug-likeness (QED) is 0.412. The molecule has 134 valence electrons. The van der Waals surface area contributed by atoms with Crippen LogP contribution in [-0.2, 0) is 12.4 Å². The average molecular weight is 351 g/mol. The van der Waals surface area contributed by atoms with E-state index in [1.54, 1.807) is 0 Å². The van der Waals surface area contributed by atoms with Crippen LogP contribution in [0.25, 0.3) is 5.57 Å². The van der Waals surface area contributed by atoms with Crippen LogP contribution >= 0.6 is 0 Å². The van der Waals surface area contributed by atoms with Crippen LogP contribution in [-0.4, -0.2) is 5.71 Å². The third-order valence-corrected chi connectivity index (χ3v) is 3.43. The number of alkyl halides is 6. The van der Waals surface area contributed by atoms with Gasteiger partial charge in [0.15, 0.2) is 0 Å². The number of halogens is 6. The van der Waals surface area contributed by atoms with Crippen LogP contribution < -0.4 is 0 Å². The maximum atomic E-state index is 12.9. The highest BCUT2D eigenvalue weighted by Crippen LogP contribution is 2.37. The van der Waals surface area contributed by atoms with E-state index in [0.29, 0.717) is 18.6 Å². The Labute approximate surface area is 137 Å². The van der Waals surface area contributed by atoms with Crippen molar-refractivity contribution in [2.45, 2.75) is 52.4 Å². The van der Waals surface area contributed by atoms with Gasteiger partial charge in [0.25, 0.3) is 0 Å². The summed E-state index contributed by atoms with van der Waals surface area (Å²) in [5, 5.41) is 0. The molecule has 0 aliphatic heterocycles. The number of hydrogen-bond acceptors (Lipinski definition) is 1. The number of nitrogens with zero attached hydrogens (tertiary/aromatic N) is 1. The van der Waals surface area contributed by atoms with Gasteiger partial charge in [-0.05, 0) is 49.1 Å². The Hall–Kier alpha value is -1.79. The number of benzene rings is 1. The molecule has 0 saturated carbocycles. The van der Waals surface area contributed by atoms with E-state index in [1.807, 2.05) is 13.8 Å². The molecule has 0 aliphatic rings. The van der Waals surface area contributed by atoms with Gasteiger partial charge in [0.2, 0.25) is 0 Å². The van der Waals surface area contributed by atoms with Crippen LogP contribution in [0.4, 0.5) is 26.3 Å². The Kier molecular flexibility index (Phi) is 6.63. The second kappa shape index (κ2) is 7.85. The van der Waals surface area contributed by atoms with Crippen molar-refractivity contribution in [2.24, 2.45) is 4.99 Å². The first-order valence-corrected chi connectivity index (χ1v) is 7.51. The summed E-state index contributed by atoms with van der Waals surface area (Å²) in [4.78, 5) is 4.18. The first-order chi connectivity index (χ1) is 11.0. The van der Waals surface area contributed by atoms with E-state index < -0.39 is 23.5 Å². The van der Waals surface area contributed by atoms with Crippen molar-refractivity contribution < 1.29 is 26.3 Å². The lowest BCUT2D eigenvalue weighted by molar-refractivity contribution is -0.143. The van der Waals surface area contributed by atoms with Gasteiger partial charge < -0.3 is 0 Å². The summed E-state index contributed by atoms with van der Waals surface area (Å²) in [6.45, 7) is 5.30. The molecular formula is C17H19F6N. The standard InChI is InChI=1S/C17H19F6N/c1-4-6-15(5-2)24-10-11(3)12-7-13(16(18,19)20)9-14(8-12)17(21,22)23/h7-10H,4-6H2,1-3H3/b11-10+,24-15?. The highest BCUT2D eigenvalue weighted by atomic mass is 19.4. The molecule has 1 rings (SSSR count). The predicted octanol–water partition coefficient (Wildman–Crippen LogP) is 6.74. The lowest BCUT2D eigenvalue weighted by atomic mass is 10.0. The van der Waals surface area contributed by atoms with Gasteiger partial charge >= 0.3 is 12.4 Å². The van der Waals surface area contributed by atoms with Gasteiger partial charge in [-0.3, -0.25) is 4.99 Å². The molecule has 0 saturated heterocycles. The number of rotatable bonds is 5. The van der Waals surface area contributed by atoms with E-state index in [-0.39, 0.29) is 17.2 Å². The highest BCUT2D eigenvalue weighted by molar-refractivity contribution is 5.85. The number of allylic oxidation sites excluding steroid dienone is 1. The largest absolute Gasteiger partial charge is 0.416 e. The SMILES string of the molecule is CCCC(CC)=N/C=C(\C)c1cc(C(F)(F)F)cc(C(F)(F)F)c1. The molecule has 0 fully saturated rings. The molecule has 1 nitrogen and oxygen atoms in total. The van der Waals surface area contributed by atoms with E-state index >= 15 is 0 Å². The second-order valence-corrected chi connectivity index (χ2v) is 5.41. The second-order valence-electron chi connectivity index (χ2n) is 5.41. The molecule has 0 heterocycles. The maximum Gasteiger partial charge on any atom is 0.416 e. The summed E-state index contributed by atoms with van der Waals surface area (Å²) in [6.07, 6.45) is -6.11. The average Bonchev–Trinajstić information content (AvgIpc) is 2.48. The van der Waals surface area contributed by atoms with Crippen LogP contribution in [0.5, 0.6) is 0 Å². The molecule has 1 aromatic carbocycles. The van der Waals surface area contributed by atoms with E-state index in [4.69, 9.17) is 0 Å². The van der Waals surface area contributed by atoms with Gasteiger partial charge in [-0.25, -0.2) is 0 Å². The van der Waals surface area contributed by atoms with Crippen LogP contribution in [0.3, 0.4) is 0 Å². The Morgan fingerprint density at radius 2 is 1.46 bits per heavy atom. The van der Waals surface area contributed by atoms with Crippen LogP contribution in [0.15, 0.2) is 29.4 Å². The summed E-state index contributed by atoms with van der Waals surface area (Å²) in [6, 6.07) is 1.54. The Balaban J connectivity index is 3.36. The molecule has 0 radical (unpaired) electrons. The van der Waals surface area contributed by atoms with Crippen molar-refractivity contribution in [3.63, 3.8) is 0 Å². The van der Waals surface area contributed by atoms with Crippen molar-refractivity contribution in [1.82, 2.24) is 0 Å². The third kappa shape index (κ3) is 5.69. The van der Waals surface area contributed by atoms with Crippen LogP contribution in [0.2, 0.25) is 0 Å². The van der Waals surface area contributed by atoms with Gasteiger partial charge in [-0.2, -0.15) is 26.3 Å². The van der Waals surface area contributed by atoms with Crippen molar-refractivity contribution in [3.8, 4) is 0 Å². The molecule has 0 atom stereocenters. The summed E-state index contributed by atoms with van der Waals surface area (Å²) in [7, 11) is 0. The molecular weight excluding hydrogens is 332 g/mol. The fourth-order valence-corrected chi connectivity index (χ4v) is 2.07. The topological polar surface area (TPSA) is 12.4 Å². The number of aliphatic imine (C=N–C) groups is 1. The Bertz CT molecular complexity index is 591. The van der Waals surface area contributed by atoms with E-state index in [0.717, 1.165) is 18.6 Å². The minimum atomic E-state index is -4.85.